The number of aromatic nitrogens is 1. The van der Waals surface area contributed by atoms with Crippen LogP contribution in [-0.2, 0) is 4.79 Å². The molecule has 1 unspecified atom stereocenters. The number of halogens is 1. The van der Waals surface area contributed by atoms with Crippen molar-refractivity contribution in [3.8, 4) is 0 Å². The lowest BCUT2D eigenvalue weighted by molar-refractivity contribution is -0.117. The van der Waals surface area contributed by atoms with Crippen LogP contribution in [0, 0.1) is 6.92 Å². The molecular formula is C21H15ClN2O4. The number of aliphatic hydroxyl groups is 1. The predicted octanol–water partition coefficient (Wildman–Crippen LogP) is 4.42. The van der Waals surface area contributed by atoms with Crippen LogP contribution in [0.3, 0.4) is 0 Å². The molecule has 1 N–H and O–H groups in total. The topological polar surface area (TPSA) is 83.6 Å². The molecule has 1 atom stereocenters. The van der Waals surface area contributed by atoms with Crippen molar-refractivity contribution < 1.29 is 19.1 Å². The number of hydrogen-bond acceptors (Lipinski definition) is 5. The van der Waals surface area contributed by atoms with Crippen molar-refractivity contribution in [1.29, 1.82) is 0 Å². The number of benzene rings is 1. The minimum absolute atomic E-state index is 0.0351. The molecule has 7 heteroatoms. The van der Waals surface area contributed by atoms with E-state index in [-0.39, 0.29) is 11.3 Å². The van der Waals surface area contributed by atoms with E-state index in [4.69, 9.17) is 16.0 Å². The van der Waals surface area contributed by atoms with Gasteiger partial charge in [-0.25, -0.2) is 0 Å². The summed E-state index contributed by atoms with van der Waals surface area (Å²) in [5, 5.41) is 11.1. The minimum Gasteiger partial charge on any atom is -0.503 e. The van der Waals surface area contributed by atoms with Gasteiger partial charge in [-0.1, -0.05) is 23.7 Å². The Morgan fingerprint density at radius 1 is 1.25 bits per heavy atom. The second-order valence-electron chi connectivity index (χ2n) is 6.36. The Morgan fingerprint density at radius 2 is 2.07 bits per heavy atom. The first-order chi connectivity index (χ1) is 13.5. The third-order valence-electron chi connectivity index (χ3n) is 4.63. The van der Waals surface area contributed by atoms with Gasteiger partial charge in [0, 0.05) is 23.1 Å². The molecule has 4 rings (SSSR count). The number of ketones is 1. The van der Waals surface area contributed by atoms with E-state index in [1.807, 2.05) is 6.92 Å². The van der Waals surface area contributed by atoms with E-state index in [0.717, 1.165) is 5.56 Å². The monoisotopic (exact) mass is 394 g/mol. The van der Waals surface area contributed by atoms with Crippen LogP contribution in [0.4, 0.5) is 5.69 Å². The summed E-state index contributed by atoms with van der Waals surface area (Å²) < 4.78 is 5.20. The van der Waals surface area contributed by atoms with E-state index in [1.165, 1.54) is 17.2 Å². The molecular weight excluding hydrogens is 380 g/mol. The maximum Gasteiger partial charge on any atom is 0.294 e. The Bertz CT molecular complexity index is 1090. The smallest absolute Gasteiger partial charge is 0.294 e. The number of rotatable bonds is 4. The molecule has 1 aromatic carbocycles. The molecule has 28 heavy (non-hydrogen) atoms. The molecule has 0 fully saturated rings. The number of nitrogens with zero attached hydrogens (tertiary/aromatic N) is 2. The summed E-state index contributed by atoms with van der Waals surface area (Å²) >= 11 is 6.14. The number of pyridine rings is 1. The van der Waals surface area contributed by atoms with Gasteiger partial charge in [-0.15, -0.1) is 0 Å². The number of carbonyl (C=O) groups is 2. The van der Waals surface area contributed by atoms with E-state index in [9.17, 15) is 14.7 Å². The van der Waals surface area contributed by atoms with Crippen LogP contribution in [0.25, 0.3) is 0 Å². The van der Waals surface area contributed by atoms with Gasteiger partial charge in [-0.05, 0) is 48.4 Å². The normalized spacial score (nSPS) is 16.7. The molecule has 1 aliphatic heterocycles. The first kappa shape index (κ1) is 18.0. The van der Waals surface area contributed by atoms with Crippen molar-refractivity contribution in [2.45, 2.75) is 13.0 Å². The van der Waals surface area contributed by atoms with Gasteiger partial charge >= 0.3 is 0 Å². The van der Waals surface area contributed by atoms with Gasteiger partial charge in [0.15, 0.2) is 11.5 Å². The van der Waals surface area contributed by atoms with Gasteiger partial charge in [0.1, 0.15) is 0 Å². The number of aliphatic hydroxyl groups excluding tert-OH is 1. The van der Waals surface area contributed by atoms with E-state index in [1.54, 1.807) is 48.8 Å². The summed E-state index contributed by atoms with van der Waals surface area (Å²) in [4.78, 5) is 31.5. The van der Waals surface area contributed by atoms with Crippen LogP contribution in [0.5, 0.6) is 0 Å². The van der Waals surface area contributed by atoms with Crippen LogP contribution >= 0.6 is 11.6 Å². The largest absolute Gasteiger partial charge is 0.503 e. The number of aryl methyl sites for hydroxylation is 1. The summed E-state index contributed by atoms with van der Waals surface area (Å²) in [6, 6.07) is 10.7. The molecule has 0 bridgehead atoms. The summed E-state index contributed by atoms with van der Waals surface area (Å²) in [6.45, 7) is 1.82. The number of anilines is 1. The molecule has 1 amide bonds. The lowest BCUT2D eigenvalue weighted by Crippen LogP contribution is -2.31. The standard InChI is InChI=1S/C21H15ClN2O4/c1-12-6-7-14(22)10-15(12)24-18(13-4-2-8-23-11-13)17(20(26)21(24)27)19(25)16-5-3-9-28-16/h2-11,18,26H,1H3. The highest BCUT2D eigenvalue weighted by Crippen LogP contribution is 2.43. The molecule has 0 aliphatic carbocycles. The van der Waals surface area contributed by atoms with Crippen molar-refractivity contribution in [2.24, 2.45) is 0 Å². The van der Waals surface area contributed by atoms with E-state index >= 15 is 0 Å². The van der Waals surface area contributed by atoms with Gasteiger partial charge < -0.3 is 9.52 Å². The summed E-state index contributed by atoms with van der Waals surface area (Å²) in [7, 11) is 0. The van der Waals surface area contributed by atoms with E-state index in [2.05, 4.69) is 4.98 Å². The lowest BCUT2D eigenvalue weighted by Gasteiger charge is -2.28. The summed E-state index contributed by atoms with van der Waals surface area (Å²) in [5.41, 5.74) is 1.78. The van der Waals surface area contributed by atoms with Gasteiger partial charge in [0.25, 0.3) is 5.91 Å². The highest BCUT2D eigenvalue weighted by Gasteiger charge is 2.45. The van der Waals surface area contributed by atoms with Gasteiger partial charge in [0.05, 0.1) is 17.9 Å². The lowest BCUT2D eigenvalue weighted by atomic mass is 9.95. The Balaban J connectivity index is 1.92. The Morgan fingerprint density at radius 3 is 2.75 bits per heavy atom. The molecule has 0 spiro atoms. The molecule has 2 aromatic heterocycles. The fourth-order valence-electron chi connectivity index (χ4n) is 3.32. The Labute approximate surface area is 165 Å². The second kappa shape index (κ2) is 6.98. The predicted molar refractivity (Wildman–Crippen MR) is 103 cm³/mol. The maximum atomic E-state index is 13.0. The SMILES string of the molecule is Cc1ccc(Cl)cc1N1C(=O)C(O)=C(C(=O)c2ccco2)C1c1cccnc1. The summed E-state index contributed by atoms with van der Waals surface area (Å²) in [5.74, 6) is -1.83. The number of amides is 1. The maximum absolute atomic E-state index is 13.0. The molecule has 3 heterocycles. The average Bonchev–Trinajstić information content (AvgIpc) is 3.32. The molecule has 0 radical (unpaired) electrons. The Hall–Kier alpha value is -3.38. The van der Waals surface area contributed by atoms with Gasteiger partial charge in [0.2, 0.25) is 5.78 Å². The summed E-state index contributed by atoms with van der Waals surface area (Å²) in [6.07, 6.45) is 4.51. The zero-order valence-corrected chi connectivity index (χ0v) is 15.6. The molecule has 3 aromatic rings. The third kappa shape index (κ3) is 2.88. The van der Waals surface area contributed by atoms with E-state index < -0.39 is 23.5 Å². The Kier molecular flexibility index (Phi) is 4.49. The van der Waals surface area contributed by atoms with Crippen LogP contribution in [0.2, 0.25) is 5.02 Å². The molecule has 6 nitrogen and oxygen atoms in total. The van der Waals surface area contributed by atoms with E-state index in [0.29, 0.717) is 16.3 Å². The fraction of sp³-hybridized carbons (Fsp3) is 0.0952. The third-order valence-corrected chi connectivity index (χ3v) is 4.86. The number of hydrogen-bond donors (Lipinski definition) is 1. The van der Waals surface area contributed by atoms with Crippen LogP contribution < -0.4 is 4.90 Å². The zero-order chi connectivity index (χ0) is 19.8. The fourth-order valence-corrected chi connectivity index (χ4v) is 3.49. The van der Waals surface area contributed by atoms with Crippen molar-refractivity contribution in [1.82, 2.24) is 4.98 Å². The number of carbonyl (C=O) groups excluding carboxylic acids is 2. The second-order valence-corrected chi connectivity index (χ2v) is 6.80. The highest BCUT2D eigenvalue weighted by molar-refractivity contribution is 6.31. The van der Waals surface area contributed by atoms with Crippen molar-refractivity contribution >= 4 is 29.0 Å². The molecule has 0 saturated carbocycles. The quantitative estimate of drug-likeness (QED) is 0.662. The highest BCUT2D eigenvalue weighted by atomic mass is 35.5. The zero-order valence-electron chi connectivity index (χ0n) is 14.8. The van der Waals surface area contributed by atoms with Gasteiger partial charge in [-0.2, -0.15) is 0 Å². The first-order valence-electron chi connectivity index (χ1n) is 8.50. The minimum atomic E-state index is -0.865. The van der Waals surface area contributed by atoms with Gasteiger partial charge in [-0.3, -0.25) is 19.5 Å². The average molecular weight is 395 g/mol. The number of Topliss-reactive ketones (excluding diaryl/α,β-unsaturated/α-hetero) is 1. The van der Waals surface area contributed by atoms with Crippen molar-refractivity contribution in [3.63, 3.8) is 0 Å². The van der Waals surface area contributed by atoms with Crippen LogP contribution in [-0.4, -0.2) is 21.8 Å². The molecule has 1 aliphatic rings. The number of furan rings is 1. The molecule has 0 saturated heterocycles. The van der Waals surface area contributed by atoms with Crippen molar-refractivity contribution in [2.75, 3.05) is 4.90 Å². The van der Waals surface area contributed by atoms with Crippen molar-refractivity contribution in [3.05, 3.63) is 94.4 Å². The first-order valence-corrected chi connectivity index (χ1v) is 8.88. The van der Waals surface area contributed by atoms with Crippen LogP contribution in [0.15, 0.2) is 76.9 Å². The van der Waals surface area contributed by atoms with Crippen LogP contribution in [0.1, 0.15) is 27.7 Å². The molecule has 140 valence electrons.